The highest BCUT2D eigenvalue weighted by molar-refractivity contribution is 5.92. The van der Waals surface area contributed by atoms with Crippen LogP contribution < -0.4 is 14.9 Å². The molecule has 8 heteroatoms. The standard InChI is InChI=1S/C21H19FN4O3/c1-13-10-14(2)25-21(24-13)26-23-12-15-8-9-18(19(11-15)28-3)29-20(27)16-6-4-5-7-17(16)22/h4-12H,1-3H3,(H,24,25,26)/b23-12-. The Kier molecular flexibility index (Phi) is 6.13. The van der Waals surface area contributed by atoms with Crippen molar-refractivity contribution in [2.45, 2.75) is 13.8 Å². The number of hydrogen-bond donors (Lipinski definition) is 1. The van der Waals surface area contributed by atoms with Gasteiger partial charge >= 0.3 is 5.97 Å². The number of ether oxygens (including phenoxy) is 2. The lowest BCUT2D eigenvalue weighted by Gasteiger charge is -2.10. The van der Waals surface area contributed by atoms with Gasteiger partial charge in [0, 0.05) is 11.4 Å². The zero-order valence-electron chi connectivity index (χ0n) is 16.1. The first-order chi connectivity index (χ1) is 14.0. The van der Waals surface area contributed by atoms with Gasteiger partial charge in [0.15, 0.2) is 11.5 Å². The second-order valence-electron chi connectivity index (χ2n) is 6.12. The summed E-state index contributed by atoms with van der Waals surface area (Å²) in [5.41, 5.74) is 4.96. The molecule has 3 rings (SSSR count). The number of carbonyl (C=O) groups is 1. The Labute approximate surface area is 167 Å². The first-order valence-electron chi connectivity index (χ1n) is 8.72. The lowest BCUT2D eigenvalue weighted by Crippen LogP contribution is -2.11. The third-order valence-corrected chi connectivity index (χ3v) is 3.84. The zero-order chi connectivity index (χ0) is 20.8. The average Bonchev–Trinajstić information content (AvgIpc) is 2.68. The van der Waals surface area contributed by atoms with Crippen molar-refractivity contribution < 1.29 is 18.7 Å². The van der Waals surface area contributed by atoms with Crippen molar-refractivity contribution in [1.29, 1.82) is 0 Å². The predicted octanol–water partition coefficient (Wildman–Crippen LogP) is 3.91. The summed E-state index contributed by atoms with van der Waals surface area (Å²) in [7, 11) is 1.44. The molecule has 0 unspecified atom stereocenters. The van der Waals surface area contributed by atoms with E-state index in [9.17, 15) is 9.18 Å². The molecule has 0 fully saturated rings. The van der Waals surface area contributed by atoms with Gasteiger partial charge in [0.05, 0.1) is 18.9 Å². The molecule has 1 aromatic heterocycles. The molecular weight excluding hydrogens is 375 g/mol. The van der Waals surface area contributed by atoms with Crippen molar-refractivity contribution in [3.05, 3.63) is 76.9 Å². The van der Waals surface area contributed by atoms with Gasteiger partial charge in [0.2, 0.25) is 5.95 Å². The van der Waals surface area contributed by atoms with E-state index in [-0.39, 0.29) is 11.3 Å². The minimum Gasteiger partial charge on any atom is -0.493 e. The summed E-state index contributed by atoms with van der Waals surface area (Å²) in [5, 5.41) is 4.11. The number of benzene rings is 2. The van der Waals surface area contributed by atoms with Crippen LogP contribution in [0.15, 0.2) is 53.6 Å². The number of aryl methyl sites for hydroxylation is 2. The molecule has 3 aromatic rings. The van der Waals surface area contributed by atoms with E-state index in [1.54, 1.807) is 30.5 Å². The number of nitrogens with zero attached hydrogens (tertiary/aromatic N) is 3. The molecule has 2 aromatic carbocycles. The minimum atomic E-state index is -0.809. The Bertz CT molecular complexity index is 1050. The number of nitrogens with one attached hydrogen (secondary N) is 1. The van der Waals surface area contributed by atoms with E-state index < -0.39 is 11.8 Å². The van der Waals surface area contributed by atoms with Crippen molar-refractivity contribution in [2.75, 3.05) is 12.5 Å². The van der Waals surface area contributed by atoms with E-state index in [2.05, 4.69) is 20.5 Å². The summed E-state index contributed by atoms with van der Waals surface area (Å²) in [5.74, 6) is -0.595. The van der Waals surface area contributed by atoms with Crippen LogP contribution >= 0.6 is 0 Å². The van der Waals surface area contributed by atoms with E-state index in [4.69, 9.17) is 9.47 Å². The van der Waals surface area contributed by atoms with E-state index in [0.29, 0.717) is 17.3 Å². The lowest BCUT2D eigenvalue weighted by molar-refractivity contribution is 0.0725. The number of esters is 1. The molecule has 0 amide bonds. The molecule has 0 saturated carbocycles. The van der Waals surface area contributed by atoms with E-state index in [1.807, 2.05) is 19.9 Å². The van der Waals surface area contributed by atoms with Gasteiger partial charge in [0.25, 0.3) is 0 Å². The summed E-state index contributed by atoms with van der Waals surface area (Å²) in [6, 6.07) is 12.3. The molecule has 1 heterocycles. The Morgan fingerprint density at radius 2 is 1.79 bits per heavy atom. The van der Waals surface area contributed by atoms with E-state index in [0.717, 1.165) is 11.4 Å². The van der Waals surface area contributed by atoms with Crippen molar-refractivity contribution >= 4 is 18.1 Å². The van der Waals surface area contributed by atoms with Crippen LogP contribution in [0.3, 0.4) is 0 Å². The van der Waals surface area contributed by atoms with Crippen molar-refractivity contribution in [1.82, 2.24) is 9.97 Å². The normalized spacial score (nSPS) is 10.8. The second-order valence-corrected chi connectivity index (χ2v) is 6.12. The molecule has 0 bridgehead atoms. The number of rotatable bonds is 6. The third kappa shape index (κ3) is 5.13. The zero-order valence-corrected chi connectivity index (χ0v) is 16.1. The Hall–Kier alpha value is -3.81. The van der Waals surface area contributed by atoms with Crippen LogP contribution in [-0.2, 0) is 0 Å². The molecule has 0 atom stereocenters. The SMILES string of the molecule is COc1cc(/C=N\Nc2nc(C)cc(C)n2)ccc1OC(=O)c1ccccc1F. The quantitative estimate of drug-likeness (QED) is 0.295. The van der Waals surface area contributed by atoms with Crippen LogP contribution in [0.25, 0.3) is 0 Å². The molecule has 0 aliphatic rings. The topological polar surface area (TPSA) is 85.7 Å². The molecule has 7 nitrogen and oxygen atoms in total. The van der Waals surface area contributed by atoms with Gasteiger partial charge in [-0.15, -0.1) is 0 Å². The molecule has 0 aliphatic heterocycles. The molecular formula is C21H19FN4O3. The first-order valence-corrected chi connectivity index (χ1v) is 8.72. The average molecular weight is 394 g/mol. The number of hydrazone groups is 1. The molecule has 1 N–H and O–H groups in total. The number of hydrogen-bond acceptors (Lipinski definition) is 7. The minimum absolute atomic E-state index is 0.155. The van der Waals surface area contributed by atoms with Gasteiger partial charge in [-0.2, -0.15) is 5.10 Å². The summed E-state index contributed by atoms with van der Waals surface area (Å²) >= 11 is 0. The van der Waals surface area contributed by atoms with E-state index >= 15 is 0 Å². The number of anilines is 1. The van der Waals surface area contributed by atoms with Crippen molar-refractivity contribution in [3.63, 3.8) is 0 Å². The number of carbonyl (C=O) groups excluding carboxylic acids is 1. The highest BCUT2D eigenvalue weighted by Crippen LogP contribution is 2.28. The van der Waals surface area contributed by atoms with Crippen LogP contribution in [0.2, 0.25) is 0 Å². The van der Waals surface area contributed by atoms with Crippen LogP contribution in [-0.4, -0.2) is 29.3 Å². The summed E-state index contributed by atoms with van der Waals surface area (Å²) in [6.45, 7) is 3.74. The highest BCUT2D eigenvalue weighted by Gasteiger charge is 2.16. The van der Waals surface area contributed by atoms with E-state index in [1.165, 1.54) is 25.3 Å². The Balaban J connectivity index is 1.73. The van der Waals surface area contributed by atoms with Crippen LogP contribution in [0.5, 0.6) is 11.5 Å². The largest absolute Gasteiger partial charge is 0.493 e. The number of halogens is 1. The van der Waals surface area contributed by atoms with Gasteiger partial charge in [0.1, 0.15) is 5.82 Å². The number of methoxy groups -OCH3 is 1. The Morgan fingerprint density at radius 1 is 1.07 bits per heavy atom. The molecule has 0 saturated heterocycles. The monoisotopic (exact) mass is 394 g/mol. The maximum absolute atomic E-state index is 13.8. The van der Waals surface area contributed by atoms with Gasteiger partial charge in [-0.25, -0.2) is 24.6 Å². The summed E-state index contributed by atoms with van der Waals surface area (Å²) in [6.07, 6.45) is 1.55. The lowest BCUT2D eigenvalue weighted by atomic mass is 10.2. The fourth-order valence-corrected chi connectivity index (χ4v) is 2.57. The fraction of sp³-hybridized carbons (Fsp3) is 0.143. The molecule has 29 heavy (non-hydrogen) atoms. The molecule has 0 aliphatic carbocycles. The van der Waals surface area contributed by atoms with Gasteiger partial charge < -0.3 is 9.47 Å². The third-order valence-electron chi connectivity index (χ3n) is 3.84. The number of aromatic nitrogens is 2. The van der Waals surface area contributed by atoms with Crippen molar-refractivity contribution in [2.24, 2.45) is 5.10 Å². The maximum atomic E-state index is 13.8. The molecule has 0 spiro atoms. The van der Waals surface area contributed by atoms with Crippen LogP contribution in [0, 0.1) is 19.7 Å². The van der Waals surface area contributed by atoms with Crippen LogP contribution in [0.4, 0.5) is 10.3 Å². The first kappa shape index (κ1) is 19.9. The van der Waals surface area contributed by atoms with Gasteiger partial charge in [-0.05, 0) is 55.8 Å². The molecule has 0 radical (unpaired) electrons. The maximum Gasteiger partial charge on any atom is 0.346 e. The molecule has 148 valence electrons. The predicted molar refractivity (Wildman–Crippen MR) is 107 cm³/mol. The smallest absolute Gasteiger partial charge is 0.346 e. The van der Waals surface area contributed by atoms with Gasteiger partial charge in [-0.1, -0.05) is 12.1 Å². The van der Waals surface area contributed by atoms with Crippen molar-refractivity contribution in [3.8, 4) is 11.5 Å². The highest BCUT2D eigenvalue weighted by atomic mass is 19.1. The fourth-order valence-electron chi connectivity index (χ4n) is 2.57. The Morgan fingerprint density at radius 3 is 2.48 bits per heavy atom. The van der Waals surface area contributed by atoms with Gasteiger partial charge in [-0.3, -0.25) is 0 Å². The summed E-state index contributed by atoms with van der Waals surface area (Å²) < 4.78 is 24.3. The second kappa shape index (κ2) is 8.92. The van der Waals surface area contributed by atoms with Crippen LogP contribution in [0.1, 0.15) is 27.3 Å². The summed E-state index contributed by atoms with van der Waals surface area (Å²) in [4.78, 5) is 20.7.